The first kappa shape index (κ1) is 16.5. The molecule has 0 radical (unpaired) electrons. The SMILES string of the molecule is CCc1ccc(C(CN(C)C2CCC(C)CC2)NC)cc1. The van der Waals surface area contributed by atoms with E-state index in [1.807, 2.05) is 0 Å². The van der Waals surface area contributed by atoms with Gasteiger partial charge in [-0.2, -0.15) is 0 Å². The molecule has 1 N–H and O–H groups in total. The molecule has 0 saturated heterocycles. The second-order valence-electron chi connectivity index (χ2n) is 6.79. The predicted octanol–water partition coefficient (Wildman–Crippen LogP) is 4.02. The minimum absolute atomic E-state index is 0.431. The number of nitrogens with zero attached hydrogens (tertiary/aromatic N) is 1. The molecule has 1 saturated carbocycles. The van der Waals surface area contributed by atoms with E-state index in [-0.39, 0.29) is 0 Å². The Bertz CT molecular complexity index is 404. The van der Waals surface area contributed by atoms with Crippen molar-refractivity contribution in [3.8, 4) is 0 Å². The topological polar surface area (TPSA) is 15.3 Å². The standard InChI is InChI=1S/C19H32N2/c1-5-16-8-10-17(11-9-16)19(20-3)14-21(4)18-12-6-15(2)7-13-18/h8-11,15,18-20H,5-7,12-14H2,1-4H3. The molecular formula is C19H32N2. The van der Waals surface area contributed by atoms with Gasteiger partial charge in [-0.05, 0) is 63.2 Å². The van der Waals surface area contributed by atoms with Gasteiger partial charge in [0.1, 0.15) is 0 Å². The molecular weight excluding hydrogens is 256 g/mol. The Hall–Kier alpha value is -0.860. The number of hydrogen-bond acceptors (Lipinski definition) is 2. The van der Waals surface area contributed by atoms with E-state index >= 15 is 0 Å². The Balaban J connectivity index is 1.94. The van der Waals surface area contributed by atoms with E-state index < -0.39 is 0 Å². The molecule has 1 atom stereocenters. The number of likely N-dealkylation sites (N-methyl/N-ethyl adjacent to an activating group) is 2. The fraction of sp³-hybridized carbons (Fsp3) is 0.684. The Kier molecular flexibility index (Phi) is 6.25. The van der Waals surface area contributed by atoms with Crippen LogP contribution in [0.15, 0.2) is 24.3 Å². The minimum atomic E-state index is 0.431. The molecule has 0 heterocycles. The third-order valence-corrected chi connectivity index (χ3v) is 5.22. The zero-order valence-corrected chi connectivity index (χ0v) is 14.2. The van der Waals surface area contributed by atoms with E-state index in [1.54, 1.807) is 0 Å². The van der Waals surface area contributed by atoms with Crippen LogP contribution in [0.1, 0.15) is 56.7 Å². The summed E-state index contributed by atoms with van der Waals surface area (Å²) in [6, 6.07) is 10.3. The lowest BCUT2D eigenvalue weighted by molar-refractivity contribution is 0.158. The van der Waals surface area contributed by atoms with Gasteiger partial charge in [0.2, 0.25) is 0 Å². The van der Waals surface area contributed by atoms with Crippen LogP contribution >= 0.6 is 0 Å². The zero-order valence-electron chi connectivity index (χ0n) is 14.2. The summed E-state index contributed by atoms with van der Waals surface area (Å²) in [6.45, 7) is 5.70. The third-order valence-electron chi connectivity index (χ3n) is 5.22. The highest BCUT2D eigenvalue weighted by molar-refractivity contribution is 5.25. The van der Waals surface area contributed by atoms with Crippen LogP contribution in [0.5, 0.6) is 0 Å². The second-order valence-corrected chi connectivity index (χ2v) is 6.79. The normalized spacial score (nSPS) is 24.2. The molecule has 21 heavy (non-hydrogen) atoms. The monoisotopic (exact) mass is 288 g/mol. The maximum Gasteiger partial charge on any atom is 0.0446 e. The van der Waals surface area contributed by atoms with Crippen LogP contribution in [0, 0.1) is 5.92 Å². The fourth-order valence-corrected chi connectivity index (χ4v) is 3.47. The number of hydrogen-bond donors (Lipinski definition) is 1. The van der Waals surface area contributed by atoms with Gasteiger partial charge in [0.25, 0.3) is 0 Å². The summed E-state index contributed by atoms with van der Waals surface area (Å²) in [4.78, 5) is 2.57. The van der Waals surface area contributed by atoms with E-state index in [9.17, 15) is 0 Å². The van der Waals surface area contributed by atoms with Gasteiger partial charge < -0.3 is 10.2 Å². The Labute approximate surface area is 130 Å². The Morgan fingerprint density at radius 3 is 2.29 bits per heavy atom. The molecule has 1 aromatic carbocycles. The van der Waals surface area contributed by atoms with Crippen molar-refractivity contribution in [2.45, 2.75) is 58.0 Å². The Morgan fingerprint density at radius 2 is 1.76 bits per heavy atom. The van der Waals surface area contributed by atoms with Crippen LogP contribution in [-0.4, -0.2) is 31.6 Å². The van der Waals surface area contributed by atoms with Gasteiger partial charge in [0.05, 0.1) is 0 Å². The van der Waals surface area contributed by atoms with Gasteiger partial charge in [-0.1, -0.05) is 38.1 Å². The van der Waals surface area contributed by atoms with E-state index in [0.29, 0.717) is 6.04 Å². The highest BCUT2D eigenvalue weighted by atomic mass is 15.1. The van der Waals surface area contributed by atoms with Crippen molar-refractivity contribution in [3.05, 3.63) is 35.4 Å². The number of nitrogens with one attached hydrogen (secondary N) is 1. The quantitative estimate of drug-likeness (QED) is 0.850. The first-order chi connectivity index (χ1) is 10.1. The number of benzene rings is 1. The molecule has 1 aromatic rings. The molecule has 1 unspecified atom stereocenters. The maximum atomic E-state index is 3.49. The van der Waals surface area contributed by atoms with E-state index in [0.717, 1.165) is 24.9 Å². The molecule has 1 aliphatic carbocycles. The molecule has 118 valence electrons. The molecule has 2 rings (SSSR count). The van der Waals surface area contributed by atoms with Crippen molar-refractivity contribution in [2.24, 2.45) is 5.92 Å². The molecule has 0 bridgehead atoms. The van der Waals surface area contributed by atoms with Crippen molar-refractivity contribution in [2.75, 3.05) is 20.6 Å². The largest absolute Gasteiger partial charge is 0.312 e. The van der Waals surface area contributed by atoms with E-state index in [4.69, 9.17) is 0 Å². The molecule has 2 nitrogen and oxygen atoms in total. The lowest BCUT2D eigenvalue weighted by Gasteiger charge is -2.35. The van der Waals surface area contributed by atoms with Gasteiger partial charge in [-0.3, -0.25) is 0 Å². The summed E-state index contributed by atoms with van der Waals surface area (Å²) in [7, 11) is 4.38. The van der Waals surface area contributed by atoms with Crippen molar-refractivity contribution >= 4 is 0 Å². The van der Waals surface area contributed by atoms with E-state index in [2.05, 4.69) is 62.4 Å². The lowest BCUT2D eigenvalue weighted by atomic mass is 9.86. The average molecular weight is 288 g/mol. The summed E-state index contributed by atoms with van der Waals surface area (Å²) < 4.78 is 0. The summed E-state index contributed by atoms with van der Waals surface area (Å²) in [6.07, 6.45) is 6.63. The van der Waals surface area contributed by atoms with Gasteiger partial charge in [-0.15, -0.1) is 0 Å². The molecule has 0 amide bonds. The van der Waals surface area contributed by atoms with Crippen LogP contribution in [0.3, 0.4) is 0 Å². The van der Waals surface area contributed by atoms with Gasteiger partial charge in [0, 0.05) is 18.6 Å². The average Bonchev–Trinajstić information content (AvgIpc) is 2.53. The van der Waals surface area contributed by atoms with Gasteiger partial charge >= 0.3 is 0 Å². The second kappa shape index (κ2) is 7.95. The molecule has 0 spiro atoms. The molecule has 0 aromatic heterocycles. The fourth-order valence-electron chi connectivity index (χ4n) is 3.47. The molecule has 1 fully saturated rings. The van der Waals surface area contributed by atoms with Crippen LogP contribution in [0.25, 0.3) is 0 Å². The van der Waals surface area contributed by atoms with Gasteiger partial charge in [0.15, 0.2) is 0 Å². The van der Waals surface area contributed by atoms with Crippen LogP contribution in [0.2, 0.25) is 0 Å². The van der Waals surface area contributed by atoms with Crippen LogP contribution in [0.4, 0.5) is 0 Å². The predicted molar refractivity (Wildman–Crippen MR) is 91.7 cm³/mol. The zero-order chi connectivity index (χ0) is 15.2. The summed E-state index contributed by atoms with van der Waals surface area (Å²) in [5, 5.41) is 3.49. The minimum Gasteiger partial charge on any atom is -0.312 e. The van der Waals surface area contributed by atoms with E-state index in [1.165, 1.54) is 36.8 Å². The van der Waals surface area contributed by atoms with Crippen molar-refractivity contribution in [3.63, 3.8) is 0 Å². The summed E-state index contributed by atoms with van der Waals surface area (Å²) >= 11 is 0. The highest BCUT2D eigenvalue weighted by Crippen LogP contribution is 2.27. The van der Waals surface area contributed by atoms with Crippen molar-refractivity contribution < 1.29 is 0 Å². The van der Waals surface area contributed by atoms with Crippen LogP contribution in [-0.2, 0) is 6.42 Å². The van der Waals surface area contributed by atoms with Gasteiger partial charge in [-0.25, -0.2) is 0 Å². The smallest absolute Gasteiger partial charge is 0.0446 e. The lowest BCUT2D eigenvalue weighted by Crippen LogP contribution is -2.40. The molecule has 2 heteroatoms. The third kappa shape index (κ3) is 4.55. The summed E-state index contributed by atoms with van der Waals surface area (Å²) in [5.41, 5.74) is 2.83. The number of rotatable bonds is 6. The Morgan fingerprint density at radius 1 is 1.14 bits per heavy atom. The summed E-state index contributed by atoms with van der Waals surface area (Å²) in [5.74, 6) is 0.927. The van der Waals surface area contributed by atoms with Crippen molar-refractivity contribution in [1.82, 2.24) is 10.2 Å². The molecule has 1 aliphatic rings. The first-order valence-electron chi connectivity index (χ1n) is 8.60. The number of aryl methyl sites for hydroxylation is 1. The highest BCUT2D eigenvalue weighted by Gasteiger charge is 2.23. The van der Waals surface area contributed by atoms with Crippen molar-refractivity contribution in [1.29, 1.82) is 0 Å². The maximum absolute atomic E-state index is 3.49. The molecule has 0 aliphatic heterocycles. The van der Waals surface area contributed by atoms with Crippen LogP contribution < -0.4 is 5.32 Å². The first-order valence-corrected chi connectivity index (χ1v) is 8.60.